The Hall–Kier alpha value is -1.55. The SMILES string of the molecule is CCC(CC)=C(C#N)c1ccccc1. The number of allylic oxidation sites excluding steroid dienone is 2. The largest absolute Gasteiger partial charge is 0.192 e. The zero-order valence-corrected chi connectivity index (χ0v) is 8.75. The molecule has 0 aliphatic rings. The van der Waals surface area contributed by atoms with Crippen LogP contribution in [0.5, 0.6) is 0 Å². The summed E-state index contributed by atoms with van der Waals surface area (Å²) in [5, 5.41) is 9.10. The summed E-state index contributed by atoms with van der Waals surface area (Å²) in [5.74, 6) is 0. The molecule has 1 aromatic rings. The van der Waals surface area contributed by atoms with Crippen LogP contribution in [0.3, 0.4) is 0 Å². The minimum atomic E-state index is 0.843. The lowest BCUT2D eigenvalue weighted by molar-refractivity contribution is 0.984. The Bertz CT molecular complexity index is 349. The first-order valence-electron chi connectivity index (χ1n) is 5.01. The summed E-state index contributed by atoms with van der Waals surface area (Å²) in [6.45, 7) is 4.19. The van der Waals surface area contributed by atoms with Crippen LogP contribution in [0.2, 0.25) is 0 Å². The summed E-state index contributed by atoms with van der Waals surface area (Å²) in [7, 11) is 0. The Balaban J connectivity index is 3.17. The summed E-state index contributed by atoms with van der Waals surface area (Å²) in [4.78, 5) is 0. The lowest BCUT2D eigenvalue weighted by Gasteiger charge is -2.05. The molecule has 14 heavy (non-hydrogen) atoms. The second-order valence-electron chi connectivity index (χ2n) is 3.16. The molecule has 0 radical (unpaired) electrons. The van der Waals surface area contributed by atoms with Gasteiger partial charge in [0.1, 0.15) is 0 Å². The molecule has 72 valence electrons. The van der Waals surface area contributed by atoms with E-state index in [1.54, 1.807) is 0 Å². The van der Waals surface area contributed by atoms with Crippen LogP contribution in [-0.4, -0.2) is 0 Å². The summed E-state index contributed by atoms with van der Waals surface area (Å²) >= 11 is 0. The molecule has 0 aromatic heterocycles. The molecule has 0 saturated heterocycles. The number of nitrogens with zero attached hydrogens (tertiary/aromatic N) is 1. The fraction of sp³-hybridized carbons (Fsp3) is 0.308. The van der Waals surface area contributed by atoms with Crippen molar-refractivity contribution in [2.24, 2.45) is 0 Å². The Kier molecular flexibility index (Phi) is 3.94. The van der Waals surface area contributed by atoms with Crippen molar-refractivity contribution in [3.63, 3.8) is 0 Å². The zero-order chi connectivity index (χ0) is 10.4. The maximum atomic E-state index is 9.10. The minimum Gasteiger partial charge on any atom is -0.192 e. The van der Waals surface area contributed by atoms with Crippen LogP contribution in [0.4, 0.5) is 0 Å². The maximum Gasteiger partial charge on any atom is 0.0997 e. The summed E-state index contributed by atoms with van der Waals surface area (Å²) in [6, 6.07) is 12.2. The number of hydrogen-bond acceptors (Lipinski definition) is 1. The lowest BCUT2D eigenvalue weighted by Crippen LogP contribution is -1.88. The number of hydrogen-bond donors (Lipinski definition) is 0. The molecule has 0 atom stereocenters. The maximum absolute atomic E-state index is 9.10. The first-order chi connectivity index (χ1) is 6.83. The van der Waals surface area contributed by atoms with Gasteiger partial charge in [-0.3, -0.25) is 0 Å². The van der Waals surface area contributed by atoms with Crippen molar-refractivity contribution in [1.29, 1.82) is 5.26 Å². The van der Waals surface area contributed by atoms with Gasteiger partial charge < -0.3 is 0 Å². The number of benzene rings is 1. The Morgan fingerprint density at radius 3 is 2.14 bits per heavy atom. The van der Waals surface area contributed by atoms with Gasteiger partial charge in [-0.05, 0) is 18.4 Å². The molecule has 1 rings (SSSR count). The number of rotatable bonds is 3. The van der Waals surface area contributed by atoms with E-state index in [2.05, 4.69) is 19.9 Å². The molecule has 1 nitrogen and oxygen atoms in total. The van der Waals surface area contributed by atoms with Gasteiger partial charge in [0.05, 0.1) is 11.6 Å². The third-order valence-electron chi connectivity index (χ3n) is 2.38. The summed E-state index contributed by atoms with van der Waals surface area (Å²) in [6.07, 6.45) is 1.91. The van der Waals surface area contributed by atoms with Gasteiger partial charge in [0, 0.05) is 0 Å². The fourth-order valence-corrected chi connectivity index (χ4v) is 1.56. The predicted octanol–water partition coefficient (Wildman–Crippen LogP) is 3.78. The molecule has 1 aromatic carbocycles. The molecule has 0 N–H and O–H groups in total. The predicted molar refractivity (Wildman–Crippen MR) is 59.6 cm³/mol. The molecule has 1 heteroatoms. The first-order valence-corrected chi connectivity index (χ1v) is 5.01. The van der Waals surface area contributed by atoms with Gasteiger partial charge in [0.25, 0.3) is 0 Å². The monoisotopic (exact) mass is 185 g/mol. The highest BCUT2D eigenvalue weighted by Gasteiger charge is 2.04. The Morgan fingerprint density at radius 2 is 1.71 bits per heavy atom. The van der Waals surface area contributed by atoms with Crippen molar-refractivity contribution in [1.82, 2.24) is 0 Å². The second-order valence-corrected chi connectivity index (χ2v) is 3.16. The van der Waals surface area contributed by atoms with Crippen molar-refractivity contribution < 1.29 is 0 Å². The quantitative estimate of drug-likeness (QED) is 0.657. The van der Waals surface area contributed by atoms with E-state index in [0.717, 1.165) is 24.0 Å². The van der Waals surface area contributed by atoms with Gasteiger partial charge in [-0.1, -0.05) is 49.8 Å². The van der Waals surface area contributed by atoms with E-state index in [9.17, 15) is 0 Å². The van der Waals surface area contributed by atoms with E-state index in [4.69, 9.17) is 5.26 Å². The first kappa shape index (κ1) is 10.5. The molecule has 0 unspecified atom stereocenters. The van der Waals surface area contributed by atoms with E-state index in [-0.39, 0.29) is 0 Å². The van der Waals surface area contributed by atoms with Crippen molar-refractivity contribution >= 4 is 5.57 Å². The van der Waals surface area contributed by atoms with E-state index in [0.29, 0.717) is 0 Å². The normalized spacial score (nSPS) is 9.21. The van der Waals surface area contributed by atoms with Crippen molar-refractivity contribution in [3.8, 4) is 6.07 Å². The van der Waals surface area contributed by atoms with E-state index < -0.39 is 0 Å². The van der Waals surface area contributed by atoms with Crippen LogP contribution in [0, 0.1) is 11.3 Å². The van der Waals surface area contributed by atoms with Gasteiger partial charge >= 0.3 is 0 Å². The fourth-order valence-electron chi connectivity index (χ4n) is 1.56. The van der Waals surface area contributed by atoms with E-state index in [1.165, 1.54) is 5.57 Å². The highest BCUT2D eigenvalue weighted by molar-refractivity contribution is 5.79. The molecule has 0 bridgehead atoms. The topological polar surface area (TPSA) is 23.8 Å². The van der Waals surface area contributed by atoms with Gasteiger partial charge in [-0.15, -0.1) is 0 Å². The van der Waals surface area contributed by atoms with Crippen molar-refractivity contribution in [2.75, 3.05) is 0 Å². The highest BCUT2D eigenvalue weighted by atomic mass is 14.3. The van der Waals surface area contributed by atoms with E-state index in [1.807, 2.05) is 30.3 Å². The zero-order valence-electron chi connectivity index (χ0n) is 8.75. The Morgan fingerprint density at radius 1 is 1.14 bits per heavy atom. The highest BCUT2D eigenvalue weighted by Crippen LogP contribution is 2.21. The van der Waals surface area contributed by atoms with Gasteiger partial charge in [-0.2, -0.15) is 5.26 Å². The second kappa shape index (κ2) is 5.24. The molecule has 0 amide bonds. The van der Waals surface area contributed by atoms with Crippen LogP contribution in [0.25, 0.3) is 5.57 Å². The third kappa shape index (κ3) is 2.23. The molecule has 0 heterocycles. The van der Waals surface area contributed by atoms with Gasteiger partial charge in [0.2, 0.25) is 0 Å². The molecule has 0 fully saturated rings. The molecule has 0 spiro atoms. The van der Waals surface area contributed by atoms with Gasteiger partial charge in [-0.25, -0.2) is 0 Å². The van der Waals surface area contributed by atoms with Crippen LogP contribution in [0.15, 0.2) is 35.9 Å². The summed E-state index contributed by atoms with van der Waals surface area (Å²) in [5.41, 5.74) is 3.11. The minimum absolute atomic E-state index is 0.843. The van der Waals surface area contributed by atoms with E-state index >= 15 is 0 Å². The Labute approximate surface area is 85.7 Å². The molecule has 0 aliphatic carbocycles. The number of nitriles is 1. The third-order valence-corrected chi connectivity index (χ3v) is 2.38. The molecular formula is C13H15N. The standard InChI is InChI=1S/C13H15N/c1-3-11(4-2)13(10-14)12-8-6-5-7-9-12/h5-9H,3-4H2,1-2H3. The smallest absolute Gasteiger partial charge is 0.0997 e. The average molecular weight is 185 g/mol. The van der Waals surface area contributed by atoms with Crippen LogP contribution in [0.1, 0.15) is 32.3 Å². The molecular weight excluding hydrogens is 170 g/mol. The van der Waals surface area contributed by atoms with Crippen molar-refractivity contribution in [3.05, 3.63) is 41.5 Å². The molecule has 0 aliphatic heterocycles. The summed E-state index contributed by atoms with van der Waals surface area (Å²) < 4.78 is 0. The lowest BCUT2D eigenvalue weighted by atomic mass is 9.98. The van der Waals surface area contributed by atoms with Crippen LogP contribution in [-0.2, 0) is 0 Å². The van der Waals surface area contributed by atoms with Gasteiger partial charge in [0.15, 0.2) is 0 Å². The average Bonchev–Trinajstić information content (AvgIpc) is 2.27. The van der Waals surface area contributed by atoms with Crippen LogP contribution >= 0.6 is 0 Å². The van der Waals surface area contributed by atoms with Crippen LogP contribution < -0.4 is 0 Å². The molecule has 0 saturated carbocycles. The van der Waals surface area contributed by atoms with Crippen molar-refractivity contribution in [2.45, 2.75) is 26.7 Å².